The second-order valence-corrected chi connectivity index (χ2v) is 18.1. The number of nitrogens with one attached hydrogen (secondary N) is 1. The van der Waals surface area contributed by atoms with Crippen LogP contribution in [-0.4, -0.2) is 49.7 Å². The number of unbranched alkanes of at least 4 members (excludes halogenated alkanes) is 2. The summed E-state index contributed by atoms with van der Waals surface area (Å²) >= 11 is 0. The third-order valence-electron chi connectivity index (χ3n) is 12.8. The molecular formula is C58H51F6N11O2. The standard InChI is InChI=1S/C29H26F3N7O.C29H25F3N4O/c1-3-4-10-24-23(28(40)39(18(2)33-24)26-12-7-11-25(34-26)29(30,31)32)17-19-13-15-20(16-14-19)21-8-5-6-9-22(21)27-35-37-38-36-27;1-3-4-10-25-24(17-20-13-15-21(16-14-20)23-9-6-5-8-22(23)18-33)28(37)36(19(2)34-25)27-12-7-11-26(35-27)29(30,31)32/h5-9,11-16H,3-4,10,17H2,1-2H3,(H,35,36,37,38);5-9,11-16H,3-4,10,17H2,1-2H3. The van der Waals surface area contributed by atoms with Crippen LogP contribution in [0, 0.1) is 25.2 Å². The minimum Gasteiger partial charge on any atom is -0.268 e. The number of nitrogens with zero attached hydrogens (tertiary/aromatic N) is 10. The van der Waals surface area contributed by atoms with Gasteiger partial charge in [0.25, 0.3) is 11.1 Å². The van der Waals surface area contributed by atoms with Crippen molar-refractivity contribution in [2.75, 3.05) is 0 Å². The molecule has 0 aliphatic rings. The van der Waals surface area contributed by atoms with Gasteiger partial charge >= 0.3 is 12.4 Å². The van der Waals surface area contributed by atoms with Gasteiger partial charge in [0, 0.05) is 29.5 Å². The molecule has 5 heterocycles. The van der Waals surface area contributed by atoms with E-state index in [0.717, 1.165) is 85.9 Å². The minimum absolute atomic E-state index is 0.110. The topological polar surface area (TPSA) is 174 Å². The first kappa shape index (κ1) is 54.3. The summed E-state index contributed by atoms with van der Waals surface area (Å²) in [7, 11) is 0. The van der Waals surface area contributed by atoms with Crippen molar-refractivity contribution in [3.63, 3.8) is 0 Å². The first-order valence-electron chi connectivity index (χ1n) is 24.8. The average molecular weight is 1050 g/mol. The van der Waals surface area contributed by atoms with Crippen molar-refractivity contribution in [3.05, 3.63) is 216 Å². The molecule has 77 heavy (non-hydrogen) atoms. The molecule has 392 valence electrons. The third kappa shape index (κ3) is 12.6. The maximum Gasteiger partial charge on any atom is 0.433 e. The Morgan fingerprint density at radius 3 is 1.42 bits per heavy atom. The lowest BCUT2D eigenvalue weighted by atomic mass is 9.96. The zero-order chi connectivity index (χ0) is 54.9. The molecule has 19 heteroatoms. The van der Waals surface area contributed by atoms with Gasteiger partial charge in [-0.3, -0.25) is 9.59 Å². The van der Waals surface area contributed by atoms with Crippen molar-refractivity contribution in [2.45, 2.75) is 91.4 Å². The molecule has 0 amide bonds. The van der Waals surface area contributed by atoms with E-state index < -0.39 is 34.9 Å². The van der Waals surface area contributed by atoms with E-state index in [-0.39, 0.29) is 30.3 Å². The summed E-state index contributed by atoms with van der Waals surface area (Å²) in [6.07, 6.45) is -4.06. The molecule has 5 aromatic heterocycles. The predicted molar refractivity (Wildman–Crippen MR) is 279 cm³/mol. The second-order valence-electron chi connectivity index (χ2n) is 18.1. The highest BCUT2D eigenvalue weighted by Gasteiger charge is 2.34. The largest absolute Gasteiger partial charge is 0.433 e. The highest BCUT2D eigenvalue weighted by molar-refractivity contribution is 5.80. The summed E-state index contributed by atoms with van der Waals surface area (Å²) in [6.45, 7) is 7.30. The Balaban J connectivity index is 0.000000204. The number of halogens is 6. The number of aromatic amines is 1. The SMILES string of the molecule is CCCCc1nc(C)n(-c2cccc(C(F)(F)F)n2)c(=O)c1Cc1ccc(-c2ccccc2-c2nn[nH]n2)cc1.CCCCc1nc(C)n(-c2cccc(C(F)(F)F)n2)c(=O)c1Cc1ccc(-c2ccccc2C#N)cc1. The van der Waals surface area contributed by atoms with Gasteiger partial charge in [-0.25, -0.2) is 29.1 Å². The molecule has 0 bridgehead atoms. The average Bonchev–Trinajstić information content (AvgIpc) is 3.97. The monoisotopic (exact) mass is 1050 g/mol. The van der Waals surface area contributed by atoms with E-state index in [1.165, 1.54) is 24.3 Å². The van der Waals surface area contributed by atoms with Crippen LogP contribution >= 0.6 is 0 Å². The van der Waals surface area contributed by atoms with Crippen LogP contribution in [-0.2, 0) is 38.0 Å². The Labute approximate surface area is 439 Å². The number of hydrogen-bond donors (Lipinski definition) is 1. The highest BCUT2D eigenvalue weighted by atomic mass is 19.4. The lowest BCUT2D eigenvalue weighted by Gasteiger charge is -2.16. The number of aryl methyl sites for hydroxylation is 4. The molecule has 0 atom stereocenters. The van der Waals surface area contributed by atoms with E-state index in [2.05, 4.69) is 46.6 Å². The number of pyridine rings is 2. The molecule has 1 N–H and O–H groups in total. The molecule has 0 fully saturated rings. The van der Waals surface area contributed by atoms with Gasteiger partial charge in [-0.1, -0.05) is 130 Å². The second kappa shape index (κ2) is 23.7. The molecule has 0 aliphatic heterocycles. The Kier molecular flexibility index (Phi) is 16.8. The molecule has 9 aromatic rings. The fourth-order valence-corrected chi connectivity index (χ4v) is 8.90. The van der Waals surface area contributed by atoms with Crippen molar-refractivity contribution in [3.8, 4) is 51.3 Å². The van der Waals surface area contributed by atoms with Gasteiger partial charge in [0.15, 0.2) is 0 Å². The fourth-order valence-electron chi connectivity index (χ4n) is 8.90. The minimum atomic E-state index is -4.63. The summed E-state index contributed by atoms with van der Waals surface area (Å²) in [5.74, 6) is 0.836. The Hall–Kier alpha value is -8.92. The van der Waals surface area contributed by atoms with Gasteiger partial charge in [0.1, 0.15) is 34.7 Å². The predicted octanol–water partition coefficient (Wildman–Crippen LogP) is 12.2. The smallest absolute Gasteiger partial charge is 0.268 e. The molecule has 0 radical (unpaired) electrons. The maximum absolute atomic E-state index is 13.8. The van der Waals surface area contributed by atoms with Crippen molar-refractivity contribution >= 4 is 0 Å². The van der Waals surface area contributed by atoms with Crippen LogP contribution in [0.2, 0.25) is 0 Å². The van der Waals surface area contributed by atoms with Crippen LogP contribution in [0.5, 0.6) is 0 Å². The first-order chi connectivity index (χ1) is 37.0. The molecular weight excluding hydrogens is 997 g/mol. The van der Waals surface area contributed by atoms with E-state index >= 15 is 0 Å². The summed E-state index contributed by atoms with van der Waals surface area (Å²) in [6, 6.07) is 39.5. The number of alkyl halides is 6. The molecule has 4 aromatic carbocycles. The lowest BCUT2D eigenvalue weighted by Crippen LogP contribution is -2.29. The van der Waals surface area contributed by atoms with Gasteiger partial charge in [0.2, 0.25) is 5.82 Å². The maximum atomic E-state index is 13.8. The van der Waals surface area contributed by atoms with Gasteiger partial charge in [0.05, 0.1) is 23.0 Å². The summed E-state index contributed by atoms with van der Waals surface area (Å²) in [5, 5.41) is 23.7. The number of aromatic nitrogens is 10. The van der Waals surface area contributed by atoms with Crippen LogP contribution < -0.4 is 11.1 Å². The first-order valence-corrected chi connectivity index (χ1v) is 24.8. The summed E-state index contributed by atoms with van der Waals surface area (Å²) in [4.78, 5) is 44.2. The molecule has 0 saturated heterocycles. The number of hydrogen-bond acceptors (Lipinski definition) is 10. The fraction of sp³-hybridized carbons (Fsp3) is 0.241. The van der Waals surface area contributed by atoms with Crippen LogP contribution in [0.3, 0.4) is 0 Å². The van der Waals surface area contributed by atoms with Gasteiger partial charge in [-0.05, 0) is 108 Å². The van der Waals surface area contributed by atoms with Gasteiger partial charge in [-0.15, -0.1) is 10.2 Å². The highest BCUT2D eigenvalue weighted by Crippen LogP contribution is 2.32. The van der Waals surface area contributed by atoms with Crippen LogP contribution in [0.4, 0.5) is 26.3 Å². The number of benzene rings is 4. The molecule has 13 nitrogen and oxygen atoms in total. The van der Waals surface area contributed by atoms with E-state index in [4.69, 9.17) is 0 Å². The normalized spacial score (nSPS) is 11.5. The van der Waals surface area contributed by atoms with Crippen LogP contribution in [0.1, 0.15) is 102 Å². The molecule has 0 saturated carbocycles. The van der Waals surface area contributed by atoms with E-state index in [1.807, 2.05) is 105 Å². The number of H-pyrrole nitrogens is 1. The van der Waals surface area contributed by atoms with Crippen LogP contribution in [0.25, 0.3) is 45.3 Å². The Bertz CT molecular complexity index is 3680. The summed E-state index contributed by atoms with van der Waals surface area (Å²) < 4.78 is 82.2. The van der Waals surface area contributed by atoms with Crippen LogP contribution in [0.15, 0.2) is 143 Å². The number of rotatable bonds is 15. The van der Waals surface area contributed by atoms with E-state index in [0.29, 0.717) is 52.6 Å². The van der Waals surface area contributed by atoms with E-state index in [1.54, 1.807) is 19.9 Å². The lowest BCUT2D eigenvalue weighted by molar-refractivity contribution is -0.141. The number of nitriles is 1. The number of tetrazole rings is 1. The van der Waals surface area contributed by atoms with Crippen molar-refractivity contribution in [2.24, 2.45) is 0 Å². The third-order valence-corrected chi connectivity index (χ3v) is 12.8. The Morgan fingerprint density at radius 1 is 0.545 bits per heavy atom. The quantitative estimate of drug-likeness (QED) is 0.0973. The van der Waals surface area contributed by atoms with Crippen molar-refractivity contribution in [1.29, 1.82) is 5.26 Å². The van der Waals surface area contributed by atoms with E-state index in [9.17, 15) is 41.2 Å². The molecule has 0 spiro atoms. The zero-order valence-corrected chi connectivity index (χ0v) is 42.4. The van der Waals surface area contributed by atoms with Gasteiger partial charge in [-0.2, -0.15) is 36.8 Å². The molecule has 9 rings (SSSR count). The Morgan fingerprint density at radius 2 is 0.987 bits per heavy atom. The van der Waals surface area contributed by atoms with Crippen molar-refractivity contribution < 1.29 is 26.3 Å². The van der Waals surface area contributed by atoms with Gasteiger partial charge < -0.3 is 0 Å². The zero-order valence-electron chi connectivity index (χ0n) is 42.4. The molecule has 0 aliphatic carbocycles. The molecule has 0 unspecified atom stereocenters. The summed E-state index contributed by atoms with van der Waals surface area (Å²) in [5.41, 5.74) is 5.85. The van der Waals surface area contributed by atoms with Crippen molar-refractivity contribution in [1.82, 2.24) is 49.7 Å².